The van der Waals surface area contributed by atoms with Crippen molar-refractivity contribution in [2.45, 2.75) is 53.3 Å². The van der Waals surface area contributed by atoms with Crippen molar-refractivity contribution in [2.75, 3.05) is 13.2 Å². The van der Waals surface area contributed by atoms with Crippen LogP contribution in [0.5, 0.6) is 0 Å². The van der Waals surface area contributed by atoms with Gasteiger partial charge in [0.05, 0.1) is 12.2 Å². The summed E-state index contributed by atoms with van der Waals surface area (Å²) in [6.07, 6.45) is -3.21. The van der Waals surface area contributed by atoms with Gasteiger partial charge in [-0.2, -0.15) is 8.78 Å². The molecule has 0 N–H and O–H groups in total. The Bertz CT molecular complexity index is 170. The highest BCUT2D eigenvalue weighted by Gasteiger charge is 2.34. The van der Waals surface area contributed by atoms with Crippen LogP contribution in [0.3, 0.4) is 0 Å². The molecule has 0 aliphatic carbocycles. The van der Waals surface area contributed by atoms with Crippen LogP contribution in [-0.4, -0.2) is 24.9 Å². The maximum absolute atomic E-state index is 13.1. The van der Waals surface area contributed by atoms with Gasteiger partial charge in [-0.15, -0.1) is 0 Å². The molecule has 0 heterocycles. The molecule has 0 amide bonds. The predicted molar refractivity (Wildman–Crippen MR) is 56.1 cm³/mol. The lowest BCUT2D eigenvalue weighted by Crippen LogP contribution is -2.35. The standard InChI is InChI=1S/C11H22F2O2/c1-9(2,3)7-15-11(12,13)8-14-10(4,5)6/h7-8H2,1-6H3. The summed E-state index contributed by atoms with van der Waals surface area (Å²) in [4.78, 5) is 0. The first-order valence-corrected chi connectivity index (χ1v) is 5.07. The summed E-state index contributed by atoms with van der Waals surface area (Å²) in [5, 5.41) is 0. The second kappa shape index (κ2) is 4.74. The molecule has 0 saturated carbocycles. The second-order valence-corrected chi connectivity index (χ2v) is 5.89. The molecule has 15 heavy (non-hydrogen) atoms. The molecule has 0 aromatic heterocycles. The first-order chi connectivity index (χ1) is 6.41. The average molecular weight is 224 g/mol. The molecule has 0 aliphatic heterocycles. The van der Waals surface area contributed by atoms with Crippen molar-refractivity contribution in [3.05, 3.63) is 0 Å². The fourth-order valence-corrected chi connectivity index (χ4v) is 0.664. The molecule has 0 saturated heterocycles. The zero-order chi connectivity index (χ0) is 12.3. The van der Waals surface area contributed by atoms with Crippen LogP contribution in [-0.2, 0) is 9.47 Å². The van der Waals surface area contributed by atoms with Crippen LogP contribution in [0.15, 0.2) is 0 Å². The van der Waals surface area contributed by atoms with Crippen LogP contribution in [0.25, 0.3) is 0 Å². The van der Waals surface area contributed by atoms with E-state index in [-0.39, 0.29) is 12.0 Å². The summed E-state index contributed by atoms with van der Waals surface area (Å²) in [5.74, 6) is 0. The van der Waals surface area contributed by atoms with Crippen molar-refractivity contribution >= 4 is 0 Å². The molecule has 0 spiro atoms. The van der Waals surface area contributed by atoms with Gasteiger partial charge < -0.3 is 9.47 Å². The Balaban J connectivity index is 3.98. The van der Waals surface area contributed by atoms with E-state index in [0.717, 1.165) is 0 Å². The van der Waals surface area contributed by atoms with Crippen LogP contribution in [0.4, 0.5) is 8.78 Å². The van der Waals surface area contributed by atoms with Crippen LogP contribution in [0, 0.1) is 5.41 Å². The van der Waals surface area contributed by atoms with Crippen molar-refractivity contribution in [1.29, 1.82) is 0 Å². The first-order valence-electron chi connectivity index (χ1n) is 5.07. The van der Waals surface area contributed by atoms with Crippen LogP contribution in [0.1, 0.15) is 41.5 Å². The number of hydrogen-bond donors (Lipinski definition) is 0. The molecule has 0 rings (SSSR count). The number of halogens is 2. The van der Waals surface area contributed by atoms with Gasteiger partial charge in [-0.3, -0.25) is 0 Å². The lowest BCUT2D eigenvalue weighted by molar-refractivity contribution is -0.283. The van der Waals surface area contributed by atoms with Crippen LogP contribution < -0.4 is 0 Å². The maximum Gasteiger partial charge on any atom is 0.379 e. The third-order valence-corrected chi connectivity index (χ3v) is 1.39. The van der Waals surface area contributed by atoms with Crippen molar-refractivity contribution in [3.63, 3.8) is 0 Å². The zero-order valence-corrected chi connectivity index (χ0v) is 10.5. The summed E-state index contributed by atoms with van der Waals surface area (Å²) in [5.41, 5.74) is -0.848. The zero-order valence-electron chi connectivity index (χ0n) is 10.5. The fourth-order valence-electron chi connectivity index (χ4n) is 0.664. The molecule has 0 bridgehead atoms. The molecule has 92 valence electrons. The smallest absolute Gasteiger partial charge is 0.367 e. The van der Waals surface area contributed by atoms with Crippen molar-refractivity contribution < 1.29 is 18.3 Å². The predicted octanol–water partition coefficient (Wildman–Crippen LogP) is 3.46. The van der Waals surface area contributed by atoms with Gasteiger partial charge in [0.1, 0.15) is 6.61 Å². The van der Waals surface area contributed by atoms with Crippen LogP contribution >= 0.6 is 0 Å². The Labute approximate surface area is 90.9 Å². The van der Waals surface area contributed by atoms with Gasteiger partial charge in [-0.1, -0.05) is 20.8 Å². The quantitative estimate of drug-likeness (QED) is 0.728. The van der Waals surface area contributed by atoms with E-state index in [1.807, 2.05) is 20.8 Å². The average Bonchev–Trinajstić information content (AvgIpc) is 1.96. The van der Waals surface area contributed by atoms with Gasteiger partial charge in [-0.05, 0) is 26.2 Å². The molecule has 0 aromatic rings. The third-order valence-electron chi connectivity index (χ3n) is 1.39. The summed E-state index contributed by atoms with van der Waals surface area (Å²) in [6, 6.07) is 0. The number of hydrogen-bond acceptors (Lipinski definition) is 2. The van der Waals surface area contributed by atoms with Gasteiger partial charge in [0, 0.05) is 0 Å². The largest absolute Gasteiger partial charge is 0.379 e. The van der Waals surface area contributed by atoms with Crippen molar-refractivity contribution in [1.82, 2.24) is 0 Å². The topological polar surface area (TPSA) is 18.5 Å². The lowest BCUT2D eigenvalue weighted by atomic mass is 9.99. The highest BCUT2D eigenvalue weighted by atomic mass is 19.3. The van der Waals surface area contributed by atoms with E-state index in [2.05, 4.69) is 4.74 Å². The molecule has 2 nitrogen and oxygen atoms in total. The van der Waals surface area contributed by atoms with Gasteiger partial charge in [0.25, 0.3) is 0 Å². The van der Waals surface area contributed by atoms with E-state index in [1.54, 1.807) is 20.8 Å². The summed E-state index contributed by atoms with van der Waals surface area (Å²) >= 11 is 0. The Hall–Kier alpha value is -0.220. The Morgan fingerprint density at radius 1 is 0.800 bits per heavy atom. The molecule has 0 aromatic carbocycles. The summed E-state index contributed by atoms with van der Waals surface area (Å²) in [7, 11) is 0. The maximum atomic E-state index is 13.1. The second-order valence-electron chi connectivity index (χ2n) is 5.89. The van der Waals surface area contributed by atoms with E-state index in [1.165, 1.54) is 0 Å². The van der Waals surface area contributed by atoms with E-state index in [0.29, 0.717) is 0 Å². The molecular weight excluding hydrogens is 202 g/mol. The molecule has 0 aliphatic rings. The highest BCUT2D eigenvalue weighted by Crippen LogP contribution is 2.23. The lowest BCUT2D eigenvalue weighted by Gasteiger charge is -2.26. The molecule has 0 unspecified atom stereocenters. The SMILES string of the molecule is CC(C)(C)COC(F)(F)COC(C)(C)C. The van der Waals surface area contributed by atoms with Gasteiger partial charge >= 0.3 is 6.11 Å². The van der Waals surface area contributed by atoms with Gasteiger partial charge in [0.2, 0.25) is 0 Å². The number of ether oxygens (including phenoxy) is 2. The van der Waals surface area contributed by atoms with E-state index < -0.39 is 18.3 Å². The molecule has 0 fully saturated rings. The molecule has 0 atom stereocenters. The molecular formula is C11H22F2O2. The first kappa shape index (κ1) is 14.8. The summed E-state index contributed by atoms with van der Waals surface area (Å²) < 4.78 is 35.8. The fraction of sp³-hybridized carbons (Fsp3) is 1.00. The van der Waals surface area contributed by atoms with Gasteiger partial charge in [-0.25, -0.2) is 0 Å². The minimum atomic E-state index is -3.21. The Morgan fingerprint density at radius 3 is 1.60 bits per heavy atom. The highest BCUT2D eigenvalue weighted by molar-refractivity contribution is 4.64. The van der Waals surface area contributed by atoms with E-state index in [9.17, 15) is 8.78 Å². The van der Waals surface area contributed by atoms with Crippen molar-refractivity contribution in [2.24, 2.45) is 5.41 Å². The third kappa shape index (κ3) is 10.1. The Morgan fingerprint density at radius 2 is 1.27 bits per heavy atom. The van der Waals surface area contributed by atoms with Crippen LogP contribution in [0.2, 0.25) is 0 Å². The Kier molecular flexibility index (Phi) is 4.67. The van der Waals surface area contributed by atoms with Crippen molar-refractivity contribution in [3.8, 4) is 0 Å². The number of rotatable bonds is 4. The minimum absolute atomic E-state index is 0.00744. The molecule has 0 radical (unpaired) electrons. The summed E-state index contributed by atoms with van der Waals surface area (Å²) in [6.45, 7) is 10.0. The van der Waals surface area contributed by atoms with E-state index >= 15 is 0 Å². The van der Waals surface area contributed by atoms with Gasteiger partial charge in [0.15, 0.2) is 0 Å². The van der Waals surface area contributed by atoms with E-state index in [4.69, 9.17) is 4.74 Å². The molecule has 4 heteroatoms. The minimum Gasteiger partial charge on any atom is -0.367 e. The monoisotopic (exact) mass is 224 g/mol. The number of alkyl halides is 2. The normalized spacial score (nSPS) is 14.4.